The molecule has 0 spiro atoms. The van der Waals surface area contributed by atoms with Crippen LogP contribution in [0.1, 0.15) is 24.1 Å². The number of benzene rings is 3. The van der Waals surface area contributed by atoms with Gasteiger partial charge in [-0.05, 0) is 53.1 Å². The minimum Gasteiger partial charge on any atom is -0.349 e. The lowest BCUT2D eigenvalue weighted by molar-refractivity contribution is -0.119. The third-order valence-corrected chi connectivity index (χ3v) is 5.87. The number of amides is 1. The van der Waals surface area contributed by atoms with Gasteiger partial charge in [0.25, 0.3) is 0 Å². The molecule has 0 aliphatic rings. The summed E-state index contributed by atoms with van der Waals surface area (Å²) >= 11 is 1.31. The van der Waals surface area contributed by atoms with E-state index in [1.807, 2.05) is 56.3 Å². The van der Waals surface area contributed by atoms with E-state index in [0.717, 1.165) is 22.4 Å². The van der Waals surface area contributed by atoms with E-state index in [-0.39, 0.29) is 17.7 Å². The van der Waals surface area contributed by atoms with Gasteiger partial charge < -0.3 is 5.32 Å². The van der Waals surface area contributed by atoms with Crippen molar-refractivity contribution in [2.45, 2.75) is 25.0 Å². The van der Waals surface area contributed by atoms with Gasteiger partial charge in [-0.15, -0.1) is 5.10 Å². The fraction of sp³-hybridized carbons (Fsp3) is 0.167. The molecule has 0 aliphatic carbocycles. The SMILES string of the molecule is Cc1ccc(-n2nnnc2SCC(=O)NC(C)c2ccc(-c3ccccc3)cc2)cc1. The molecular formula is C24H23N5OS. The van der Waals surface area contributed by atoms with E-state index in [1.165, 1.54) is 17.3 Å². The number of hydrogen-bond acceptors (Lipinski definition) is 5. The average Bonchev–Trinajstić information content (AvgIpc) is 3.27. The summed E-state index contributed by atoms with van der Waals surface area (Å²) in [5.74, 6) is 0.168. The molecule has 1 aromatic heterocycles. The standard InChI is InChI=1S/C24H23N5OS/c1-17-8-14-22(15-9-17)29-24(26-27-28-29)31-16-23(30)25-18(2)19-10-12-21(13-11-19)20-6-4-3-5-7-20/h3-15,18H,16H2,1-2H3,(H,25,30). The number of aromatic nitrogens is 4. The zero-order chi connectivity index (χ0) is 21.6. The van der Waals surface area contributed by atoms with Gasteiger partial charge in [0, 0.05) is 0 Å². The van der Waals surface area contributed by atoms with Crippen molar-refractivity contribution >= 4 is 17.7 Å². The first-order valence-corrected chi connectivity index (χ1v) is 11.0. The summed E-state index contributed by atoms with van der Waals surface area (Å²) < 4.78 is 1.64. The zero-order valence-electron chi connectivity index (χ0n) is 17.4. The van der Waals surface area contributed by atoms with Crippen LogP contribution in [0, 0.1) is 6.92 Å². The Morgan fingerprint density at radius 3 is 2.35 bits per heavy atom. The van der Waals surface area contributed by atoms with E-state index in [0.29, 0.717) is 5.16 Å². The van der Waals surface area contributed by atoms with Crippen molar-refractivity contribution < 1.29 is 4.79 Å². The van der Waals surface area contributed by atoms with E-state index < -0.39 is 0 Å². The van der Waals surface area contributed by atoms with Gasteiger partial charge in [-0.25, -0.2) is 0 Å². The van der Waals surface area contributed by atoms with Gasteiger partial charge >= 0.3 is 0 Å². The highest BCUT2D eigenvalue weighted by molar-refractivity contribution is 7.99. The van der Waals surface area contributed by atoms with E-state index in [1.54, 1.807) is 4.68 Å². The van der Waals surface area contributed by atoms with Crippen LogP contribution in [0.25, 0.3) is 16.8 Å². The highest BCUT2D eigenvalue weighted by atomic mass is 32.2. The molecule has 1 unspecified atom stereocenters. The van der Waals surface area contributed by atoms with Crippen LogP contribution in [0.4, 0.5) is 0 Å². The topological polar surface area (TPSA) is 72.7 Å². The lowest BCUT2D eigenvalue weighted by atomic mass is 10.0. The van der Waals surface area contributed by atoms with Crippen LogP contribution in [-0.4, -0.2) is 31.9 Å². The molecule has 1 N–H and O–H groups in total. The molecule has 3 aromatic carbocycles. The number of nitrogens with zero attached hydrogens (tertiary/aromatic N) is 4. The van der Waals surface area contributed by atoms with Crippen LogP contribution < -0.4 is 5.32 Å². The second-order valence-electron chi connectivity index (χ2n) is 7.27. The Bertz CT molecular complexity index is 1140. The second-order valence-corrected chi connectivity index (χ2v) is 8.22. The maximum absolute atomic E-state index is 12.5. The predicted octanol–water partition coefficient (Wildman–Crippen LogP) is 4.61. The maximum Gasteiger partial charge on any atom is 0.230 e. The molecule has 1 atom stereocenters. The first-order chi connectivity index (χ1) is 15.1. The molecule has 0 aliphatic heterocycles. The minimum atomic E-state index is -0.0917. The Morgan fingerprint density at radius 1 is 0.968 bits per heavy atom. The maximum atomic E-state index is 12.5. The Morgan fingerprint density at radius 2 is 1.65 bits per heavy atom. The van der Waals surface area contributed by atoms with Crippen LogP contribution >= 0.6 is 11.8 Å². The summed E-state index contributed by atoms with van der Waals surface area (Å²) in [4.78, 5) is 12.5. The summed E-state index contributed by atoms with van der Waals surface area (Å²) in [5, 5.41) is 15.5. The average molecular weight is 430 g/mol. The molecule has 7 heteroatoms. The van der Waals surface area contributed by atoms with E-state index in [2.05, 4.69) is 57.2 Å². The third-order valence-electron chi connectivity index (χ3n) is 4.95. The quantitative estimate of drug-likeness (QED) is 0.435. The van der Waals surface area contributed by atoms with Crippen molar-refractivity contribution in [2.75, 3.05) is 5.75 Å². The van der Waals surface area contributed by atoms with Gasteiger partial charge in [0.2, 0.25) is 11.1 Å². The van der Waals surface area contributed by atoms with Crippen LogP contribution in [0.3, 0.4) is 0 Å². The molecule has 0 bridgehead atoms. The lowest BCUT2D eigenvalue weighted by Gasteiger charge is -2.15. The molecule has 31 heavy (non-hydrogen) atoms. The predicted molar refractivity (Wildman–Crippen MR) is 123 cm³/mol. The molecule has 0 fully saturated rings. The number of carbonyl (C=O) groups excluding carboxylic acids is 1. The normalized spacial score (nSPS) is 11.8. The molecular weight excluding hydrogens is 406 g/mol. The van der Waals surface area contributed by atoms with Crippen molar-refractivity contribution in [1.82, 2.24) is 25.5 Å². The molecule has 6 nitrogen and oxygen atoms in total. The van der Waals surface area contributed by atoms with Gasteiger partial charge in [0.15, 0.2) is 0 Å². The van der Waals surface area contributed by atoms with Crippen molar-refractivity contribution in [3.8, 4) is 16.8 Å². The van der Waals surface area contributed by atoms with E-state index >= 15 is 0 Å². The Balaban J connectivity index is 1.34. The molecule has 1 heterocycles. The fourth-order valence-corrected chi connectivity index (χ4v) is 3.91. The second kappa shape index (κ2) is 9.57. The summed E-state index contributed by atoms with van der Waals surface area (Å²) in [7, 11) is 0. The number of thioether (sulfide) groups is 1. The summed E-state index contributed by atoms with van der Waals surface area (Å²) in [5.41, 5.74) is 5.42. The zero-order valence-corrected chi connectivity index (χ0v) is 18.2. The monoisotopic (exact) mass is 429 g/mol. The van der Waals surface area contributed by atoms with Gasteiger partial charge in [-0.3, -0.25) is 4.79 Å². The highest BCUT2D eigenvalue weighted by Crippen LogP contribution is 2.22. The summed E-state index contributed by atoms with van der Waals surface area (Å²) in [6, 6.07) is 26.3. The lowest BCUT2D eigenvalue weighted by Crippen LogP contribution is -2.28. The molecule has 0 saturated carbocycles. The molecule has 4 aromatic rings. The Hall–Kier alpha value is -3.45. The highest BCUT2D eigenvalue weighted by Gasteiger charge is 2.14. The minimum absolute atomic E-state index is 0.0666. The number of carbonyl (C=O) groups is 1. The van der Waals surface area contributed by atoms with Gasteiger partial charge in [0.1, 0.15) is 0 Å². The number of tetrazole rings is 1. The largest absolute Gasteiger partial charge is 0.349 e. The fourth-order valence-electron chi connectivity index (χ4n) is 3.21. The molecule has 0 radical (unpaired) electrons. The van der Waals surface area contributed by atoms with Gasteiger partial charge in [-0.1, -0.05) is 84.1 Å². The van der Waals surface area contributed by atoms with Crippen molar-refractivity contribution in [2.24, 2.45) is 0 Å². The summed E-state index contributed by atoms with van der Waals surface area (Å²) in [6.45, 7) is 4.01. The molecule has 156 valence electrons. The van der Waals surface area contributed by atoms with Crippen LogP contribution in [0.5, 0.6) is 0 Å². The molecule has 1 amide bonds. The number of rotatable bonds is 7. The van der Waals surface area contributed by atoms with E-state index in [9.17, 15) is 4.79 Å². The van der Waals surface area contributed by atoms with Gasteiger partial charge in [0.05, 0.1) is 17.5 Å². The number of aryl methyl sites for hydroxylation is 1. The Labute approximate surface area is 185 Å². The number of nitrogens with one attached hydrogen (secondary N) is 1. The van der Waals surface area contributed by atoms with Crippen LogP contribution in [-0.2, 0) is 4.79 Å². The summed E-state index contributed by atoms with van der Waals surface area (Å²) in [6.07, 6.45) is 0. The molecule has 0 saturated heterocycles. The molecule has 4 rings (SSSR count). The first-order valence-electron chi connectivity index (χ1n) is 10.0. The van der Waals surface area contributed by atoms with Crippen LogP contribution in [0.15, 0.2) is 84.0 Å². The van der Waals surface area contributed by atoms with Crippen molar-refractivity contribution in [3.05, 3.63) is 90.0 Å². The first kappa shape index (κ1) is 20.8. The smallest absolute Gasteiger partial charge is 0.230 e. The van der Waals surface area contributed by atoms with Crippen LogP contribution in [0.2, 0.25) is 0 Å². The third kappa shape index (κ3) is 5.19. The Kier molecular flexibility index (Phi) is 6.43. The van der Waals surface area contributed by atoms with Crippen molar-refractivity contribution in [3.63, 3.8) is 0 Å². The van der Waals surface area contributed by atoms with E-state index in [4.69, 9.17) is 0 Å². The van der Waals surface area contributed by atoms with Crippen molar-refractivity contribution in [1.29, 1.82) is 0 Å². The number of hydrogen-bond donors (Lipinski definition) is 1. The van der Waals surface area contributed by atoms with Gasteiger partial charge in [-0.2, -0.15) is 4.68 Å².